The molecule has 37 heavy (non-hydrogen) atoms. The lowest BCUT2D eigenvalue weighted by atomic mass is 9.95. The van der Waals surface area contributed by atoms with Gasteiger partial charge >= 0.3 is 12.0 Å². The highest BCUT2D eigenvalue weighted by molar-refractivity contribution is 6.32. The van der Waals surface area contributed by atoms with E-state index in [9.17, 15) is 24.3 Å². The Labute approximate surface area is 215 Å². The van der Waals surface area contributed by atoms with Gasteiger partial charge in [0.1, 0.15) is 25.8 Å². The molecule has 0 bridgehead atoms. The van der Waals surface area contributed by atoms with Gasteiger partial charge in [0.15, 0.2) is 0 Å². The van der Waals surface area contributed by atoms with E-state index >= 15 is 0 Å². The Morgan fingerprint density at radius 3 is 2.59 bits per heavy atom. The number of hydrogen-bond donors (Lipinski definition) is 2. The van der Waals surface area contributed by atoms with Crippen molar-refractivity contribution in [3.8, 4) is 0 Å². The maximum absolute atomic E-state index is 13.5. The molecule has 2 aliphatic heterocycles. The fourth-order valence-electron chi connectivity index (χ4n) is 4.68. The fourth-order valence-corrected chi connectivity index (χ4v) is 4.68. The molecule has 0 unspecified atom stereocenters. The number of aliphatic carboxylic acids is 1. The molecule has 12 heteroatoms. The zero-order valence-electron chi connectivity index (χ0n) is 20.3. The van der Waals surface area contributed by atoms with Crippen LogP contribution >= 0.6 is 0 Å². The summed E-state index contributed by atoms with van der Waals surface area (Å²) in [7, 11) is 5.80. The van der Waals surface area contributed by atoms with Gasteiger partial charge in [-0.2, -0.15) is 0 Å². The Morgan fingerprint density at radius 2 is 1.95 bits per heavy atom. The number of piperazine rings is 1. The van der Waals surface area contributed by atoms with Crippen LogP contribution in [-0.2, 0) is 27.5 Å². The lowest BCUT2D eigenvalue weighted by Crippen LogP contribution is -2.76. The predicted octanol–water partition coefficient (Wildman–Crippen LogP) is 0.432. The van der Waals surface area contributed by atoms with Crippen molar-refractivity contribution < 1.29 is 28.7 Å². The van der Waals surface area contributed by atoms with Gasteiger partial charge in [0.2, 0.25) is 11.8 Å². The van der Waals surface area contributed by atoms with Gasteiger partial charge in [-0.1, -0.05) is 35.8 Å². The van der Waals surface area contributed by atoms with Crippen LogP contribution in [0.4, 0.5) is 4.79 Å². The van der Waals surface area contributed by atoms with E-state index in [1.807, 2.05) is 12.1 Å². The Kier molecular flexibility index (Phi) is 7.97. The monoisotopic (exact) mass is 505 g/mol. The number of carboxylic acid groups (broad SMARTS) is 1. The van der Waals surface area contributed by atoms with Crippen LogP contribution in [0.3, 0.4) is 0 Å². The molecule has 192 valence electrons. The van der Waals surface area contributed by atoms with E-state index in [1.165, 1.54) is 21.1 Å². The Morgan fingerprint density at radius 1 is 1.19 bits per heavy atom. The van der Waals surface area contributed by atoms with Crippen molar-refractivity contribution in [2.24, 2.45) is 0 Å². The molecule has 11 nitrogen and oxygen atoms in total. The number of carbonyl (C=O) groups is 4. The molecule has 2 fully saturated rings. The number of urea groups is 1. The first-order chi connectivity index (χ1) is 17.8. The van der Waals surface area contributed by atoms with E-state index in [4.69, 9.17) is 12.3 Å². The maximum atomic E-state index is 13.5. The molecule has 2 radical (unpaired) electrons. The molecule has 2 N–H and O–H groups in total. The SMILES string of the molecule is [B]c1ccc(CN2CC(=O)N3[C@@H](CCC(=O)O)C(=O)N(Cc4ccco4)C[C@@H]3N2C(=O)NCC=C)cc1. The summed E-state index contributed by atoms with van der Waals surface area (Å²) in [5.41, 5.74) is 1.42. The second-order valence-electron chi connectivity index (χ2n) is 8.91. The highest BCUT2D eigenvalue weighted by Gasteiger charge is 2.51. The summed E-state index contributed by atoms with van der Waals surface area (Å²) < 4.78 is 5.42. The molecule has 0 spiro atoms. The molecule has 1 aromatic carbocycles. The largest absolute Gasteiger partial charge is 0.481 e. The van der Waals surface area contributed by atoms with Crippen LogP contribution < -0.4 is 10.8 Å². The smallest absolute Gasteiger partial charge is 0.334 e. The first-order valence-corrected chi connectivity index (χ1v) is 11.9. The summed E-state index contributed by atoms with van der Waals surface area (Å²) in [5.74, 6) is -1.31. The highest BCUT2D eigenvalue weighted by Crippen LogP contribution is 2.30. The zero-order valence-corrected chi connectivity index (χ0v) is 20.3. The summed E-state index contributed by atoms with van der Waals surface area (Å²) in [6.45, 7) is 4.05. The first-order valence-electron chi connectivity index (χ1n) is 11.9. The van der Waals surface area contributed by atoms with Crippen LogP contribution in [0, 0.1) is 0 Å². The lowest BCUT2D eigenvalue weighted by Gasteiger charge is -2.55. The molecular formula is C25H28BN5O6. The van der Waals surface area contributed by atoms with E-state index in [0.29, 0.717) is 11.2 Å². The summed E-state index contributed by atoms with van der Waals surface area (Å²) in [6, 6.07) is 9.02. The van der Waals surface area contributed by atoms with Crippen molar-refractivity contribution in [2.75, 3.05) is 19.6 Å². The fraction of sp³-hybridized carbons (Fsp3) is 0.360. The van der Waals surface area contributed by atoms with E-state index < -0.39 is 24.2 Å². The Bertz CT molecular complexity index is 1150. The molecule has 0 aliphatic carbocycles. The van der Waals surface area contributed by atoms with E-state index in [0.717, 1.165) is 5.56 Å². The van der Waals surface area contributed by atoms with Crippen LogP contribution in [0.1, 0.15) is 24.2 Å². The van der Waals surface area contributed by atoms with E-state index in [-0.39, 0.29) is 57.4 Å². The normalized spacial score (nSPS) is 20.1. The van der Waals surface area contributed by atoms with Crippen LogP contribution in [-0.4, -0.2) is 88.4 Å². The van der Waals surface area contributed by atoms with Crippen LogP contribution in [0.2, 0.25) is 0 Å². The second-order valence-corrected chi connectivity index (χ2v) is 8.91. The van der Waals surface area contributed by atoms with Gasteiger partial charge in [0.05, 0.1) is 25.9 Å². The summed E-state index contributed by atoms with van der Waals surface area (Å²) in [6.07, 6.45) is 1.79. The number of hydrogen-bond acceptors (Lipinski definition) is 6. The maximum Gasteiger partial charge on any atom is 0.334 e. The van der Waals surface area contributed by atoms with Gasteiger partial charge in [0.25, 0.3) is 0 Å². The summed E-state index contributed by atoms with van der Waals surface area (Å²) in [5, 5.41) is 15.1. The average Bonchev–Trinajstić information content (AvgIpc) is 3.37. The van der Waals surface area contributed by atoms with Crippen molar-refractivity contribution in [2.45, 2.75) is 38.1 Å². The molecule has 2 saturated heterocycles. The third-order valence-corrected chi connectivity index (χ3v) is 6.34. The van der Waals surface area contributed by atoms with Gasteiger partial charge in [-0.3, -0.25) is 14.4 Å². The average molecular weight is 505 g/mol. The molecule has 3 heterocycles. The molecule has 2 atom stereocenters. The van der Waals surface area contributed by atoms with Gasteiger partial charge in [0, 0.05) is 19.5 Å². The highest BCUT2D eigenvalue weighted by atomic mass is 16.4. The van der Waals surface area contributed by atoms with Crippen molar-refractivity contribution in [1.29, 1.82) is 0 Å². The zero-order chi connectivity index (χ0) is 26.5. The molecular weight excluding hydrogens is 477 g/mol. The standard InChI is InChI=1S/C25H28BN5O6/c1-2-11-27-25(36)31-21-15-28(14-19-4-3-12-37-19)24(35)20(9-10-23(33)34)30(21)22(32)16-29(31)13-17-5-7-18(26)8-6-17/h2-8,12,20-21H,1,9-11,13-16H2,(H,27,36)(H,33,34)/t20-,21-/m0/s1. The third kappa shape index (κ3) is 5.86. The molecule has 1 aromatic heterocycles. The molecule has 2 aromatic rings. The number of benzene rings is 1. The lowest BCUT2D eigenvalue weighted by molar-refractivity contribution is -0.193. The van der Waals surface area contributed by atoms with Gasteiger partial charge < -0.3 is 24.6 Å². The number of carbonyl (C=O) groups excluding carboxylic acids is 3. The van der Waals surface area contributed by atoms with Crippen molar-refractivity contribution in [3.63, 3.8) is 0 Å². The van der Waals surface area contributed by atoms with E-state index in [1.54, 1.807) is 35.4 Å². The number of furan rings is 1. The Hall–Kier alpha value is -4.06. The van der Waals surface area contributed by atoms with Gasteiger partial charge in [-0.05, 0) is 24.1 Å². The quantitative estimate of drug-likeness (QED) is 0.374. The number of rotatable bonds is 9. The summed E-state index contributed by atoms with van der Waals surface area (Å²) in [4.78, 5) is 54.5. The third-order valence-electron chi connectivity index (χ3n) is 6.34. The number of fused-ring (bicyclic) bond motifs is 1. The summed E-state index contributed by atoms with van der Waals surface area (Å²) >= 11 is 0. The molecule has 4 amide bonds. The minimum absolute atomic E-state index is 0.0224. The molecule has 0 saturated carbocycles. The number of hydrazine groups is 1. The number of nitrogens with one attached hydrogen (secondary N) is 1. The van der Waals surface area contributed by atoms with Gasteiger partial charge in [-0.25, -0.2) is 14.8 Å². The number of carboxylic acids is 1. The topological polar surface area (TPSA) is 127 Å². The Balaban J connectivity index is 1.70. The van der Waals surface area contributed by atoms with Crippen molar-refractivity contribution in [3.05, 3.63) is 66.6 Å². The number of amides is 4. The van der Waals surface area contributed by atoms with Crippen LogP contribution in [0.15, 0.2) is 59.7 Å². The number of nitrogens with zero attached hydrogens (tertiary/aromatic N) is 4. The van der Waals surface area contributed by atoms with Crippen LogP contribution in [0.25, 0.3) is 0 Å². The first kappa shape index (κ1) is 26.0. The molecule has 2 aliphatic rings. The van der Waals surface area contributed by atoms with Crippen molar-refractivity contribution in [1.82, 2.24) is 25.1 Å². The van der Waals surface area contributed by atoms with E-state index in [2.05, 4.69) is 11.9 Å². The van der Waals surface area contributed by atoms with Crippen LogP contribution in [0.5, 0.6) is 0 Å². The minimum atomic E-state index is -1.08. The van der Waals surface area contributed by atoms with Gasteiger partial charge in [-0.15, -0.1) is 6.58 Å². The second kappa shape index (κ2) is 11.3. The molecule has 4 rings (SSSR count). The van der Waals surface area contributed by atoms with Crippen molar-refractivity contribution >= 4 is 37.1 Å². The minimum Gasteiger partial charge on any atom is -0.481 e. The predicted molar refractivity (Wildman–Crippen MR) is 133 cm³/mol.